The lowest BCUT2D eigenvalue weighted by Gasteiger charge is -2.30. The van der Waals surface area contributed by atoms with Crippen molar-refractivity contribution in [2.75, 3.05) is 49.5 Å². The average Bonchev–Trinajstić information content (AvgIpc) is 2.86. The Balaban J connectivity index is 1.56. The van der Waals surface area contributed by atoms with E-state index in [0.29, 0.717) is 25.6 Å². The third-order valence-corrected chi connectivity index (χ3v) is 5.75. The molecule has 0 radical (unpaired) electrons. The van der Waals surface area contributed by atoms with Crippen LogP contribution in [-0.2, 0) is 6.54 Å². The number of nitrogens with one attached hydrogen (secondary N) is 1. The number of hydrogen-bond acceptors (Lipinski definition) is 7. The van der Waals surface area contributed by atoms with Crippen molar-refractivity contribution in [1.82, 2.24) is 9.97 Å². The van der Waals surface area contributed by atoms with E-state index in [0.717, 1.165) is 39.6 Å². The summed E-state index contributed by atoms with van der Waals surface area (Å²) in [5.41, 5.74) is 4.07. The molecule has 168 valence electrons. The zero-order valence-corrected chi connectivity index (χ0v) is 19.1. The molecule has 1 aliphatic heterocycles. The molecule has 1 aliphatic rings. The van der Waals surface area contributed by atoms with Crippen LogP contribution in [0.25, 0.3) is 10.9 Å². The molecule has 0 amide bonds. The van der Waals surface area contributed by atoms with Crippen LogP contribution >= 0.6 is 0 Å². The topological polar surface area (TPSA) is 62.8 Å². The van der Waals surface area contributed by atoms with Crippen LogP contribution in [0, 0.1) is 0 Å². The standard InChI is InChI=1S/C26H27N5O2/c1-30(2)19-9-6-8-18(16-19)17-27-25-20-10-7-13-23(32-3)24(20)28-26(29-25)31-14-15-33-22-12-5-4-11-21(22)31/h4-13,16H,14-15,17H2,1-3H3,(H,27,28,29). The van der Waals surface area contributed by atoms with Crippen molar-refractivity contribution in [1.29, 1.82) is 0 Å². The van der Waals surface area contributed by atoms with E-state index in [1.54, 1.807) is 7.11 Å². The van der Waals surface area contributed by atoms with Crippen LogP contribution < -0.4 is 24.6 Å². The lowest BCUT2D eigenvalue weighted by atomic mass is 10.1. The molecule has 3 aromatic carbocycles. The number of ether oxygens (including phenoxy) is 2. The highest BCUT2D eigenvalue weighted by molar-refractivity contribution is 5.94. The molecule has 1 N–H and O–H groups in total. The summed E-state index contributed by atoms with van der Waals surface area (Å²) in [5.74, 6) is 2.94. The second-order valence-corrected chi connectivity index (χ2v) is 8.11. The zero-order valence-electron chi connectivity index (χ0n) is 19.1. The van der Waals surface area contributed by atoms with Crippen molar-refractivity contribution < 1.29 is 9.47 Å². The summed E-state index contributed by atoms with van der Waals surface area (Å²) in [7, 11) is 5.76. The van der Waals surface area contributed by atoms with Crippen LogP contribution in [0.1, 0.15) is 5.56 Å². The van der Waals surface area contributed by atoms with E-state index < -0.39 is 0 Å². The Morgan fingerprint density at radius 2 is 1.88 bits per heavy atom. The van der Waals surface area contributed by atoms with E-state index in [4.69, 9.17) is 19.4 Å². The van der Waals surface area contributed by atoms with Crippen LogP contribution in [0.15, 0.2) is 66.7 Å². The summed E-state index contributed by atoms with van der Waals surface area (Å²) >= 11 is 0. The summed E-state index contributed by atoms with van der Waals surface area (Å²) in [6.07, 6.45) is 0. The molecule has 5 rings (SSSR count). The van der Waals surface area contributed by atoms with E-state index >= 15 is 0 Å². The first-order valence-electron chi connectivity index (χ1n) is 11.0. The van der Waals surface area contributed by atoms with Crippen molar-refractivity contribution in [3.63, 3.8) is 0 Å². The van der Waals surface area contributed by atoms with Gasteiger partial charge in [-0.1, -0.05) is 30.3 Å². The Bertz CT molecular complexity index is 1290. The first kappa shape index (κ1) is 20.9. The maximum atomic E-state index is 5.83. The number of methoxy groups -OCH3 is 1. The lowest BCUT2D eigenvalue weighted by molar-refractivity contribution is 0.313. The maximum absolute atomic E-state index is 5.83. The molecule has 2 heterocycles. The minimum atomic E-state index is 0.574. The number of fused-ring (bicyclic) bond motifs is 2. The number of hydrogen-bond donors (Lipinski definition) is 1. The molecule has 0 atom stereocenters. The van der Waals surface area contributed by atoms with Gasteiger partial charge in [-0.25, -0.2) is 4.98 Å². The molecular weight excluding hydrogens is 414 g/mol. The summed E-state index contributed by atoms with van der Waals surface area (Å²) in [5, 5.41) is 4.46. The molecule has 7 nitrogen and oxygen atoms in total. The number of aromatic nitrogens is 2. The molecule has 0 fully saturated rings. The summed E-state index contributed by atoms with van der Waals surface area (Å²) in [4.78, 5) is 14.1. The first-order chi connectivity index (χ1) is 16.1. The van der Waals surface area contributed by atoms with Gasteiger partial charge in [-0.15, -0.1) is 0 Å². The molecular formula is C26H27N5O2. The minimum absolute atomic E-state index is 0.574. The van der Waals surface area contributed by atoms with E-state index in [9.17, 15) is 0 Å². The minimum Gasteiger partial charge on any atom is -0.494 e. The van der Waals surface area contributed by atoms with E-state index in [-0.39, 0.29) is 0 Å². The van der Waals surface area contributed by atoms with Crippen molar-refractivity contribution in [2.24, 2.45) is 0 Å². The van der Waals surface area contributed by atoms with Crippen LogP contribution in [0.5, 0.6) is 11.5 Å². The highest BCUT2D eigenvalue weighted by Gasteiger charge is 2.23. The zero-order chi connectivity index (χ0) is 22.8. The van der Waals surface area contributed by atoms with Crippen LogP contribution in [0.4, 0.5) is 23.1 Å². The molecule has 0 saturated heterocycles. The molecule has 7 heteroatoms. The quantitative estimate of drug-likeness (QED) is 0.459. The molecule has 1 aromatic heterocycles. The highest BCUT2D eigenvalue weighted by Crippen LogP contribution is 2.37. The third kappa shape index (κ3) is 4.09. The van der Waals surface area contributed by atoms with Crippen molar-refractivity contribution in [2.45, 2.75) is 6.54 Å². The van der Waals surface area contributed by atoms with Gasteiger partial charge in [0.25, 0.3) is 0 Å². The number of benzene rings is 3. The number of para-hydroxylation sites is 3. The number of anilines is 4. The van der Waals surface area contributed by atoms with Crippen molar-refractivity contribution in [3.05, 3.63) is 72.3 Å². The second kappa shape index (κ2) is 8.86. The second-order valence-electron chi connectivity index (χ2n) is 8.11. The Morgan fingerprint density at radius 1 is 1.03 bits per heavy atom. The van der Waals surface area contributed by atoms with Crippen LogP contribution in [0.2, 0.25) is 0 Å². The van der Waals surface area contributed by atoms with Gasteiger partial charge in [0.2, 0.25) is 5.95 Å². The van der Waals surface area contributed by atoms with Crippen LogP contribution in [-0.4, -0.2) is 44.3 Å². The molecule has 0 aliphatic carbocycles. The fourth-order valence-corrected chi connectivity index (χ4v) is 4.04. The molecule has 0 saturated carbocycles. The summed E-state index contributed by atoms with van der Waals surface area (Å²) in [6, 6.07) is 22.4. The normalized spacial score (nSPS) is 12.8. The largest absolute Gasteiger partial charge is 0.494 e. The van der Waals surface area contributed by atoms with Gasteiger partial charge in [-0.3, -0.25) is 0 Å². The highest BCUT2D eigenvalue weighted by atomic mass is 16.5. The third-order valence-electron chi connectivity index (χ3n) is 5.75. The van der Waals surface area contributed by atoms with Gasteiger partial charge in [0.1, 0.15) is 29.4 Å². The van der Waals surface area contributed by atoms with Gasteiger partial charge in [0.15, 0.2) is 0 Å². The van der Waals surface area contributed by atoms with Gasteiger partial charge in [-0.2, -0.15) is 4.98 Å². The molecule has 33 heavy (non-hydrogen) atoms. The Kier molecular flexibility index (Phi) is 5.60. The average molecular weight is 442 g/mol. The monoisotopic (exact) mass is 441 g/mol. The van der Waals surface area contributed by atoms with Crippen molar-refractivity contribution >= 4 is 34.0 Å². The Labute approximate surface area is 193 Å². The fraction of sp³-hybridized carbons (Fsp3) is 0.231. The number of rotatable bonds is 6. The molecule has 4 aromatic rings. The van der Waals surface area contributed by atoms with Gasteiger partial charge >= 0.3 is 0 Å². The summed E-state index contributed by atoms with van der Waals surface area (Å²) < 4.78 is 11.5. The molecule has 0 bridgehead atoms. The van der Waals surface area contributed by atoms with Gasteiger partial charge in [0.05, 0.1) is 19.3 Å². The van der Waals surface area contributed by atoms with Crippen LogP contribution in [0.3, 0.4) is 0 Å². The van der Waals surface area contributed by atoms with Crippen molar-refractivity contribution in [3.8, 4) is 11.5 Å². The van der Waals surface area contributed by atoms with Gasteiger partial charge in [0, 0.05) is 31.7 Å². The fourth-order valence-electron chi connectivity index (χ4n) is 4.04. The number of nitrogens with zero attached hydrogens (tertiary/aromatic N) is 4. The Morgan fingerprint density at radius 3 is 2.73 bits per heavy atom. The van der Waals surface area contributed by atoms with E-state index in [1.165, 1.54) is 5.56 Å². The van der Waals surface area contributed by atoms with Gasteiger partial charge < -0.3 is 24.6 Å². The smallest absolute Gasteiger partial charge is 0.232 e. The maximum Gasteiger partial charge on any atom is 0.232 e. The first-order valence-corrected chi connectivity index (χ1v) is 11.0. The lowest BCUT2D eigenvalue weighted by Crippen LogP contribution is -2.30. The predicted octanol–water partition coefficient (Wildman–Crippen LogP) is 4.85. The van der Waals surface area contributed by atoms with Gasteiger partial charge in [-0.05, 0) is 42.0 Å². The predicted molar refractivity (Wildman–Crippen MR) is 133 cm³/mol. The molecule has 0 unspecified atom stereocenters. The SMILES string of the molecule is COc1cccc2c(NCc3cccc(N(C)C)c3)nc(N3CCOc4ccccc43)nc12. The van der Waals surface area contributed by atoms with E-state index in [1.807, 2.05) is 56.6 Å². The Hall–Kier alpha value is -4.00. The molecule has 0 spiro atoms. The summed E-state index contributed by atoms with van der Waals surface area (Å²) in [6.45, 7) is 1.89. The van der Waals surface area contributed by atoms with E-state index in [2.05, 4.69) is 39.4 Å².